The van der Waals surface area contributed by atoms with Gasteiger partial charge in [-0.1, -0.05) is 6.07 Å². The standard InChI is InChI=1S/C24H23N3O8/c1-16-11-19(27(30)31)4-6-20(16)34-15-23(28)35-21-5-3-17(13-22(21)32-2)12-18(14-25)24(29)26-7-9-33-10-8-26/h3-6,11-13H,7-10,15H2,1-2H3/b18-12+. The summed E-state index contributed by atoms with van der Waals surface area (Å²) in [5.74, 6) is -0.450. The monoisotopic (exact) mass is 481 g/mol. The van der Waals surface area contributed by atoms with Gasteiger partial charge in [0.25, 0.3) is 11.6 Å². The number of carbonyl (C=O) groups excluding carboxylic acids is 2. The van der Waals surface area contributed by atoms with Crippen molar-refractivity contribution in [2.24, 2.45) is 0 Å². The van der Waals surface area contributed by atoms with Gasteiger partial charge in [0.1, 0.15) is 17.4 Å². The second-order valence-corrected chi connectivity index (χ2v) is 7.45. The van der Waals surface area contributed by atoms with Crippen LogP contribution in [0.1, 0.15) is 11.1 Å². The molecule has 0 aliphatic carbocycles. The number of hydrogen-bond donors (Lipinski definition) is 0. The molecule has 11 heteroatoms. The van der Waals surface area contributed by atoms with Crippen LogP contribution < -0.4 is 14.2 Å². The molecule has 0 bridgehead atoms. The number of methoxy groups -OCH3 is 1. The number of nitro benzene ring substituents is 1. The van der Waals surface area contributed by atoms with Crippen LogP contribution in [0.3, 0.4) is 0 Å². The van der Waals surface area contributed by atoms with Crippen LogP contribution >= 0.6 is 0 Å². The average molecular weight is 481 g/mol. The van der Waals surface area contributed by atoms with Gasteiger partial charge in [0, 0.05) is 25.2 Å². The molecule has 0 radical (unpaired) electrons. The minimum atomic E-state index is -0.718. The molecule has 35 heavy (non-hydrogen) atoms. The lowest BCUT2D eigenvalue weighted by Gasteiger charge is -2.26. The average Bonchev–Trinajstić information content (AvgIpc) is 2.87. The lowest BCUT2D eigenvalue weighted by molar-refractivity contribution is -0.384. The number of nitriles is 1. The summed E-state index contributed by atoms with van der Waals surface area (Å²) in [6, 6.07) is 10.6. The maximum atomic E-state index is 12.6. The summed E-state index contributed by atoms with van der Waals surface area (Å²) in [5.41, 5.74) is 0.895. The molecule has 0 unspecified atom stereocenters. The van der Waals surface area contributed by atoms with E-state index in [-0.39, 0.29) is 28.7 Å². The number of benzene rings is 2. The molecule has 0 atom stereocenters. The molecule has 1 amide bonds. The zero-order valence-electron chi connectivity index (χ0n) is 19.2. The van der Waals surface area contributed by atoms with Crippen molar-refractivity contribution >= 4 is 23.6 Å². The van der Waals surface area contributed by atoms with Crippen molar-refractivity contribution < 1.29 is 33.5 Å². The zero-order valence-corrected chi connectivity index (χ0v) is 19.2. The molecule has 2 aromatic rings. The van der Waals surface area contributed by atoms with Crippen LogP contribution in [-0.4, -0.2) is 61.7 Å². The molecule has 1 saturated heterocycles. The highest BCUT2D eigenvalue weighted by Crippen LogP contribution is 2.29. The van der Waals surface area contributed by atoms with Gasteiger partial charge in [-0.2, -0.15) is 5.26 Å². The Morgan fingerprint density at radius 1 is 1.17 bits per heavy atom. The Labute approximate surface area is 201 Å². The van der Waals surface area contributed by atoms with E-state index in [0.29, 0.717) is 43.2 Å². The number of carbonyl (C=O) groups is 2. The van der Waals surface area contributed by atoms with E-state index in [1.165, 1.54) is 43.5 Å². The van der Waals surface area contributed by atoms with Gasteiger partial charge < -0.3 is 23.8 Å². The Hall–Kier alpha value is -4.43. The maximum Gasteiger partial charge on any atom is 0.349 e. The molecule has 1 aliphatic rings. The first-order valence-electron chi connectivity index (χ1n) is 10.6. The Kier molecular flexibility index (Phi) is 8.37. The summed E-state index contributed by atoms with van der Waals surface area (Å²) < 4.78 is 21.3. The van der Waals surface area contributed by atoms with Crippen molar-refractivity contribution in [2.75, 3.05) is 40.0 Å². The highest BCUT2D eigenvalue weighted by Gasteiger charge is 2.21. The van der Waals surface area contributed by atoms with E-state index < -0.39 is 17.5 Å². The van der Waals surface area contributed by atoms with Crippen LogP contribution in [0.25, 0.3) is 6.08 Å². The minimum absolute atomic E-state index is 0.0365. The number of non-ortho nitro benzene ring substituents is 1. The largest absolute Gasteiger partial charge is 0.493 e. The van der Waals surface area contributed by atoms with Gasteiger partial charge in [0.05, 0.1) is 25.2 Å². The van der Waals surface area contributed by atoms with Gasteiger partial charge in [0.2, 0.25) is 0 Å². The second kappa shape index (κ2) is 11.6. The van der Waals surface area contributed by atoms with E-state index in [1.54, 1.807) is 17.9 Å². The van der Waals surface area contributed by atoms with Gasteiger partial charge in [-0.3, -0.25) is 14.9 Å². The van der Waals surface area contributed by atoms with E-state index in [4.69, 9.17) is 18.9 Å². The number of aryl methyl sites for hydroxylation is 1. The first-order chi connectivity index (χ1) is 16.8. The number of nitro groups is 1. The van der Waals surface area contributed by atoms with Gasteiger partial charge in [-0.05, 0) is 42.3 Å². The van der Waals surface area contributed by atoms with Crippen LogP contribution in [0.15, 0.2) is 42.0 Å². The molecule has 0 saturated carbocycles. The number of ether oxygens (including phenoxy) is 4. The lowest BCUT2D eigenvalue weighted by atomic mass is 10.1. The maximum absolute atomic E-state index is 12.6. The number of nitrogens with zero attached hydrogens (tertiary/aromatic N) is 3. The van der Waals surface area contributed by atoms with E-state index in [1.807, 2.05) is 6.07 Å². The minimum Gasteiger partial charge on any atom is -0.493 e. The summed E-state index contributed by atoms with van der Waals surface area (Å²) in [5, 5.41) is 20.3. The molecule has 0 aromatic heterocycles. The Balaban J connectivity index is 1.67. The summed E-state index contributed by atoms with van der Waals surface area (Å²) in [7, 11) is 1.39. The molecule has 1 heterocycles. The van der Waals surface area contributed by atoms with E-state index in [2.05, 4.69) is 0 Å². The van der Waals surface area contributed by atoms with Crippen LogP contribution in [0, 0.1) is 28.4 Å². The molecule has 2 aromatic carbocycles. The highest BCUT2D eigenvalue weighted by atomic mass is 16.6. The molecule has 0 spiro atoms. The SMILES string of the molecule is COc1cc(/C=C(\C#N)C(=O)N2CCOCC2)ccc1OC(=O)COc1ccc([N+](=O)[O-])cc1C. The predicted octanol–water partition coefficient (Wildman–Crippen LogP) is 2.66. The third kappa shape index (κ3) is 6.55. The number of esters is 1. The Morgan fingerprint density at radius 2 is 1.89 bits per heavy atom. The summed E-state index contributed by atoms with van der Waals surface area (Å²) in [6.07, 6.45) is 1.44. The molecule has 3 rings (SSSR count). The molecule has 182 valence electrons. The summed E-state index contributed by atoms with van der Waals surface area (Å²) in [4.78, 5) is 36.8. The fraction of sp³-hybridized carbons (Fsp3) is 0.292. The molecule has 0 N–H and O–H groups in total. The molecule has 1 aliphatic heterocycles. The van der Waals surface area contributed by atoms with E-state index in [0.717, 1.165) is 0 Å². The van der Waals surface area contributed by atoms with Crippen molar-refractivity contribution in [3.8, 4) is 23.3 Å². The second-order valence-electron chi connectivity index (χ2n) is 7.45. The van der Waals surface area contributed by atoms with Gasteiger partial charge >= 0.3 is 5.97 Å². The number of morpholine rings is 1. The number of amides is 1. The van der Waals surface area contributed by atoms with Gasteiger partial charge in [-0.25, -0.2) is 4.79 Å². The Morgan fingerprint density at radius 3 is 2.51 bits per heavy atom. The van der Waals surface area contributed by atoms with Crippen LogP contribution in [0.2, 0.25) is 0 Å². The normalized spacial score (nSPS) is 13.5. The molecule has 11 nitrogen and oxygen atoms in total. The molecular formula is C24H23N3O8. The molecule has 1 fully saturated rings. The van der Waals surface area contributed by atoms with Crippen molar-refractivity contribution in [3.05, 3.63) is 63.2 Å². The highest BCUT2D eigenvalue weighted by molar-refractivity contribution is 6.01. The van der Waals surface area contributed by atoms with E-state index in [9.17, 15) is 25.0 Å². The van der Waals surface area contributed by atoms with E-state index >= 15 is 0 Å². The number of rotatable bonds is 8. The van der Waals surface area contributed by atoms with Crippen molar-refractivity contribution in [2.45, 2.75) is 6.92 Å². The van der Waals surface area contributed by atoms with Crippen molar-refractivity contribution in [1.82, 2.24) is 4.90 Å². The van der Waals surface area contributed by atoms with Gasteiger partial charge in [-0.15, -0.1) is 0 Å². The van der Waals surface area contributed by atoms with Gasteiger partial charge in [0.15, 0.2) is 18.1 Å². The van der Waals surface area contributed by atoms with Crippen LogP contribution in [0.5, 0.6) is 17.2 Å². The smallest absolute Gasteiger partial charge is 0.349 e. The van der Waals surface area contributed by atoms with Crippen molar-refractivity contribution in [1.29, 1.82) is 5.26 Å². The van der Waals surface area contributed by atoms with Crippen LogP contribution in [-0.2, 0) is 14.3 Å². The molecular weight excluding hydrogens is 458 g/mol. The quantitative estimate of drug-likeness (QED) is 0.139. The summed E-state index contributed by atoms with van der Waals surface area (Å²) in [6.45, 7) is 2.87. The fourth-order valence-electron chi connectivity index (χ4n) is 3.30. The topological polar surface area (TPSA) is 141 Å². The summed E-state index contributed by atoms with van der Waals surface area (Å²) >= 11 is 0. The first-order valence-corrected chi connectivity index (χ1v) is 10.6. The third-order valence-corrected chi connectivity index (χ3v) is 5.09. The fourth-order valence-corrected chi connectivity index (χ4v) is 3.30. The number of hydrogen-bond acceptors (Lipinski definition) is 9. The van der Waals surface area contributed by atoms with Crippen LogP contribution in [0.4, 0.5) is 5.69 Å². The Bertz CT molecular complexity index is 1200. The zero-order chi connectivity index (χ0) is 25.4. The predicted molar refractivity (Wildman–Crippen MR) is 123 cm³/mol. The third-order valence-electron chi connectivity index (χ3n) is 5.09. The van der Waals surface area contributed by atoms with Crippen molar-refractivity contribution in [3.63, 3.8) is 0 Å². The first kappa shape index (κ1) is 25.2. The lowest BCUT2D eigenvalue weighted by Crippen LogP contribution is -2.41.